The lowest BCUT2D eigenvalue weighted by atomic mass is 9.76. The number of aromatic nitrogens is 2. The number of nitriles is 1. The van der Waals surface area contributed by atoms with Crippen LogP contribution >= 0.6 is 0 Å². The molecule has 1 aliphatic heterocycles. The van der Waals surface area contributed by atoms with E-state index in [9.17, 15) is 31.6 Å². The molecule has 9 nitrogen and oxygen atoms in total. The van der Waals surface area contributed by atoms with E-state index in [4.69, 9.17) is 4.42 Å². The molecule has 6 rings (SSSR count). The van der Waals surface area contributed by atoms with Crippen molar-refractivity contribution in [3.05, 3.63) is 53.9 Å². The van der Waals surface area contributed by atoms with Crippen molar-refractivity contribution >= 4 is 21.4 Å². The molecule has 2 aromatic heterocycles. The molecule has 3 heterocycles. The Labute approximate surface area is 247 Å². The summed E-state index contributed by atoms with van der Waals surface area (Å²) >= 11 is 0. The first kappa shape index (κ1) is 29.2. The minimum absolute atomic E-state index is 0.0458. The van der Waals surface area contributed by atoms with E-state index in [0.29, 0.717) is 55.8 Å². The summed E-state index contributed by atoms with van der Waals surface area (Å²) in [6.07, 6.45) is 0.346. The van der Waals surface area contributed by atoms with Crippen LogP contribution in [0.15, 0.2) is 47.0 Å². The smallest absolute Gasteiger partial charge is 0.417 e. The van der Waals surface area contributed by atoms with Gasteiger partial charge in [0.25, 0.3) is 0 Å². The molecule has 13 heteroatoms. The van der Waals surface area contributed by atoms with Gasteiger partial charge in [-0.2, -0.15) is 18.4 Å². The van der Waals surface area contributed by atoms with Crippen LogP contribution in [0.3, 0.4) is 0 Å². The molecule has 0 bridgehead atoms. The van der Waals surface area contributed by atoms with E-state index in [1.807, 2.05) is 29.2 Å². The lowest BCUT2D eigenvalue weighted by molar-refractivity contribution is -0.137. The predicted molar refractivity (Wildman–Crippen MR) is 151 cm³/mol. The maximum absolute atomic E-state index is 13.4. The van der Waals surface area contributed by atoms with Crippen molar-refractivity contribution in [2.24, 2.45) is 5.92 Å². The van der Waals surface area contributed by atoms with E-state index in [1.165, 1.54) is 6.07 Å². The Kier molecular flexibility index (Phi) is 7.44. The van der Waals surface area contributed by atoms with Gasteiger partial charge >= 0.3 is 6.18 Å². The number of oxazole rings is 1. The first-order valence-corrected chi connectivity index (χ1v) is 16.1. The van der Waals surface area contributed by atoms with Crippen molar-refractivity contribution in [3.63, 3.8) is 0 Å². The van der Waals surface area contributed by atoms with Gasteiger partial charge in [0.15, 0.2) is 9.84 Å². The van der Waals surface area contributed by atoms with Crippen LogP contribution < -0.4 is 10.2 Å². The monoisotopic (exact) mass is 613 g/mol. The summed E-state index contributed by atoms with van der Waals surface area (Å²) in [5.74, 6) is -0.362. The average Bonchev–Trinajstić information content (AvgIpc) is 3.63. The van der Waals surface area contributed by atoms with Crippen molar-refractivity contribution in [1.82, 2.24) is 15.3 Å². The number of anilines is 1. The Morgan fingerprint density at radius 2 is 1.77 bits per heavy atom. The predicted octanol–water partition coefficient (Wildman–Crippen LogP) is 5.10. The van der Waals surface area contributed by atoms with Crippen molar-refractivity contribution < 1.29 is 30.8 Å². The lowest BCUT2D eigenvalue weighted by Crippen LogP contribution is -2.42. The number of alkyl halides is 3. The normalized spacial score (nSPS) is 22.9. The first-order valence-electron chi connectivity index (χ1n) is 14.3. The summed E-state index contributed by atoms with van der Waals surface area (Å²) < 4.78 is 69.5. The molecule has 1 aromatic carbocycles. The van der Waals surface area contributed by atoms with Crippen LogP contribution in [-0.2, 0) is 20.8 Å². The highest BCUT2D eigenvalue weighted by atomic mass is 32.2. The SMILES string of the molecule is N#CC1(NC(=O)C2CCCCC2c2oc(-c3ccc(C(F)(F)F)cn3)nc2-c2ccc(N3CCS(=O)(=O)CC3)cc2)CC1. The van der Waals surface area contributed by atoms with Crippen molar-refractivity contribution in [3.8, 4) is 28.9 Å². The highest BCUT2D eigenvalue weighted by Gasteiger charge is 2.47. The number of amides is 1. The summed E-state index contributed by atoms with van der Waals surface area (Å²) in [5.41, 5.74) is 0.433. The van der Waals surface area contributed by atoms with Crippen molar-refractivity contribution in [2.75, 3.05) is 29.5 Å². The topological polar surface area (TPSA) is 129 Å². The molecular weight excluding hydrogens is 583 g/mol. The quantitative estimate of drug-likeness (QED) is 0.407. The zero-order valence-corrected chi connectivity index (χ0v) is 24.0. The molecule has 3 aliphatic rings. The fourth-order valence-corrected chi connectivity index (χ4v) is 7.07. The van der Waals surface area contributed by atoms with Gasteiger partial charge in [0.05, 0.1) is 23.1 Å². The molecule has 0 spiro atoms. The molecule has 2 aliphatic carbocycles. The molecular formula is C30H30F3N5O4S. The minimum atomic E-state index is -4.54. The summed E-state index contributed by atoms with van der Waals surface area (Å²) in [6.45, 7) is 0.785. The Balaban J connectivity index is 1.35. The van der Waals surface area contributed by atoms with E-state index in [-0.39, 0.29) is 34.9 Å². The number of carbonyl (C=O) groups is 1. The number of hydrogen-bond acceptors (Lipinski definition) is 8. The second kappa shape index (κ2) is 11.0. The van der Waals surface area contributed by atoms with Gasteiger partial charge < -0.3 is 14.6 Å². The van der Waals surface area contributed by atoms with Crippen LogP contribution in [0.4, 0.5) is 18.9 Å². The van der Waals surface area contributed by atoms with Gasteiger partial charge in [-0.05, 0) is 49.9 Å². The van der Waals surface area contributed by atoms with Crippen LogP contribution in [0.2, 0.25) is 0 Å². The number of hydrogen-bond donors (Lipinski definition) is 1. The first-order chi connectivity index (χ1) is 20.5. The molecule has 2 saturated carbocycles. The van der Waals surface area contributed by atoms with Gasteiger partial charge in [0, 0.05) is 42.4 Å². The van der Waals surface area contributed by atoms with Crippen molar-refractivity contribution in [2.45, 2.75) is 56.2 Å². The third-order valence-corrected chi connectivity index (χ3v) is 10.2. The lowest BCUT2D eigenvalue weighted by Gasteiger charge is -2.30. The summed E-state index contributed by atoms with van der Waals surface area (Å²) in [7, 11) is -3.03. The van der Waals surface area contributed by atoms with E-state index in [2.05, 4.69) is 21.4 Å². The van der Waals surface area contributed by atoms with Crippen LogP contribution in [-0.4, -0.2) is 54.4 Å². The standard InChI is InChI=1S/C30H30F3N5O4S/c31-30(32,33)20-7-10-24(35-17-20)28-36-25(19-5-8-21(9-6-19)38-13-15-43(40,41)16-14-38)26(42-28)22-3-1-2-4-23(22)27(39)37-29(18-34)11-12-29/h5-10,17,22-23H,1-4,11-16H2,(H,37,39). The van der Waals surface area contributed by atoms with Gasteiger partial charge in [-0.3, -0.25) is 9.78 Å². The molecule has 2 unspecified atom stereocenters. The van der Waals surface area contributed by atoms with Crippen LogP contribution in [0.1, 0.15) is 55.8 Å². The van der Waals surface area contributed by atoms with Crippen LogP contribution in [0, 0.1) is 17.2 Å². The number of nitrogens with zero attached hydrogens (tertiary/aromatic N) is 4. The number of sulfone groups is 1. The second-order valence-corrected chi connectivity index (χ2v) is 13.8. The number of carbonyl (C=O) groups excluding carboxylic acids is 1. The maximum atomic E-state index is 13.4. The third-order valence-electron chi connectivity index (χ3n) is 8.58. The van der Waals surface area contributed by atoms with Gasteiger partial charge in [0.1, 0.15) is 22.7 Å². The Morgan fingerprint density at radius 1 is 1.07 bits per heavy atom. The summed E-state index contributed by atoms with van der Waals surface area (Å²) in [4.78, 5) is 24.1. The fraction of sp³-hybridized carbons (Fsp3) is 0.467. The number of rotatable bonds is 6. The fourth-order valence-electron chi connectivity index (χ4n) is 5.87. The minimum Gasteiger partial charge on any atom is -0.439 e. The third kappa shape index (κ3) is 6.11. The molecule has 1 N–H and O–H groups in total. The molecule has 3 fully saturated rings. The molecule has 2 atom stereocenters. The highest BCUT2D eigenvalue weighted by molar-refractivity contribution is 7.91. The second-order valence-electron chi connectivity index (χ2n) is 11.5. The number of halogens is 3. The van der Waals surface area contributed by atoms with E-state index in [0.717, 1.165) is 30.8 Å². The summed E-state index contributed by atoms with van der Waals surface area (Å²) in [6, 6.07) is 11.8. The Morgan fingerprint density at radius 3 is 2.37 bits per heavy atom. The number of pyridine rings is 1. The largest absolute Gasteiger partial charge is 0.439 e. The van der Waals surface area contributed by atoms with Gasteiger partial charge in [-0.25, -0.2) is 13.4 Å². The molecule has 3 aromatic rings. The van der Waals surface area contributed by atoms with Gasteiger partial charge in [0.2, 0.25) is 11.8 Å². The Bertz CT molecular complexity index is 1650. The number of benzene rings is 1. The zero-order valence-electron chi connectivity index (χ0n) is 23.2. The highest BCUT2D eigenvalue weighted by Crippen LogP contribution is 2.45. The molecule has 43 heavy (non-hydrogen) atoms. The zero-order chi connectivity index (χ0) is 30.4. The van der Waals surface area contributed by atoms with Gasteiger partial charge in [-0.15, -0.1) is 0 Å². The van der Waals surface area contributed by atoms with Crippen LogP contribution in [0.5, 0.6) is 0 Å². The summed E-state index contributed by atoms with van der Waals surface area (Å²) in [5, 5.41) is 12.4. The van der Waals surface area contributed by atoms with Crippen LogP contribution in [0.25, 0.3) is 22.8 Å². The number of nitrogens with one attached hydrogen (secondary N) is 1. The van der Waals surface area contributed by atoms with E-state index < -0.39 is 33.0 Å². The molecule has 226 valence electrons. The average molecular weight is 614 g/mol. The molecule has 1 amide bonds. The molecule has 1 saturated heterocycles. The van der Waals surface area contributed by atoms with E-state index >= 15 is 0 Å². The van der Waals surface area contributed by atoms with Gasteiger partial charge in [-0.1, -0.05) is 25.0 Å². The maximum Gasteiger partial charge on any atom is 0.417 e. The Hall–Kier alpha value is -3.92. The molecule has 0 radical (unpaired) electrons. The van der Waals surface area contributed by atoms with Crippen molar-refractivity contribution in [1.29, 1.82) is 5.26 Å². The van der Waals surface area contributed by atoms with E-state index in [1.54, 1.807) is 0 Å².